The predicted molar refractivity (Wildman–Crippen MR) is 74.2 cm³/mol. The monoisotopic (exact) mass is 309 g/mol. The van der Waals surface area contributed by atoms with Crippen molar-refractivity contribution in [2.75, 3.05) is 11.9 Å². The van der Waals surface area contributed by atoms with Gasteiger partial charge >= 0.3 is 0 Å². The standard InChI is InChI=1S/C14H16BrNO2/c15-11(6-9-2-1-3-9)10-4-5-13-12(7-10)16-14(17)8-18-13/h4-5,7,9,11H,1-3,6,8H2,(H,16,17). The Kier molecular flexibility index (Phi) is 3.29. The topological polar surface area (TPSA) is 38.3 Å². The number of fused-ring (bicyclic) bond motifs is 1. The van der Waals surface area contributed by atoms with Crippen LogP contribution in [0.15, 0.2) is 18.2 Å². The second-order valence-electron chi connectivity index (χ2n) is 5.09. The van der Waals surface area contributed by atoms with E-state index in [-0.39, 0.29) is 12.5 Å². The number of hydrogen-bond donors (Lipinski definition) is 1. The second kappa shape index (κ2) is 4.92. The minimum atomic E-state index is -0.0789. The summed E-state index contributed by atoms with van der Waals surface area (Å²) in [6.07, 6.45) is 5.26. The number of carbonyl (C=O) groups excluding carboxylic acids is 1. The van der Waals surface area contributed by atoms with Crippen LogP contribution in [-0.4, -0.2) is 12.5 Å². The fraction of sp³-hybridized carbons (Fsp3) is 0.500. The molecule has 3 rings (SSSR count). The third-order valence-corrected chi connectivity index (χ3v) is 4.67. The Morgan fingerprint density at radius 1 is 1.44 bits per heavy atom. The normalized spacial score (nSPS) is 20.4. The van der Waals surface area contributed by atoms with Crippen molar-refractivity contribution in [3.05, 3.63) is 23.8 Å². The summed E-state index contributed by atoms with van der Waals surface area (Å²) in [5.41, 5.74) is 2.01. The lowest BCUT2D eigenvalue weighted by molar-refractivity contribution is -0.118. The van der Waals surface area contributed by atoms with E-state index < -0.39 is 0 Å². The van der Waals surface area contributed by atoms with E-state index in [1.807, 2.05) is 12.1 Å². The zero-order valence-electron chi connectivity index (χ0n) is 10.1. The summed E-state index contributed by atoms with van der Waals surface area (Å²) in [6, 6.07) is 6.04. The van der Waals surface area contributed by atoms with Crippen LogP contribution in [0.1, 0.15) is 36.1 Å². The van der Waals surface area contributed by atoms with Gasteiger partial charge in [-0.05, 0) is 30.0 Å². The smallest absolute Gasteiger partial charge is 0.262 e. The highest BCUT2D eigenvalue weighted by Crippen LogP contribution is 2.40. The average Bonchev–Trinajstić information content (AvgIpc) is 2.32. The van der Waals surface area contributed by atoms with Crippen LogP contribution >= 0.6 is 15.9 Å². The fourth-order valence-corrected chi connectivity index (χ4v) is 3.27. The first-order valence-electron chi connectivity index (χ1n) is 6.43. The number of halogens is 1. The molecule has 1 unspecified atom stereocenters. The molecule has 0 spiro atoms. The van der Waals surface area contributed by atoms with E-state index in [2.05, 4.69) is 27.3 Å². The molecule has 0 saturated heterocycles. The van der Waals surface area contributed by atoms with Crippen molar-refractivity contribution in [1.29, 1.82) is 0 Å². The van der Waals surface area contributed by atoms with Crippen LogP contribution < -0.4 is 10.1 Å². The maximum atomic E-state index is 11.3. The predicted octanol–water partition coefficient (Wildman–Crippen LogP) is 3.64. The van der Waals surface area contributed by atoms with Gasteiger partial charge in [-0.1, -0.05) is 41.3 Å². The molecule has 1 fully saturated rings. The van der Waals surface area contributed by atoms with Crippen LogP contribution in [-0.2, 0) is 4.79 Å². The van der Waals surface area contributed by atoms with Crippen molar-refractivity contribution >= 4 is 27.5 Å². The van der Waals surface area contributed by atoms with Crippen molar-refractivity contribution in [1.82, 2.24) is 0 Å². The largest absolute Gasteiger partial charge is 0.482 e. The molecule has 2 aliphatic rings. The summed E-state index contributed by atoms with van der Waals surface area (Å²) in [6.45, 7) is 0.117. The van der Waals surface area contributed by atoms with E-state index in [9.17, 15) is 4.79 Å². The zero-order chi connectivity index (χ0) is 12.5. The molecular formula is C14H16BrNO2. The molecule has 0 radical (unpaired) electrons. The number of amides is 1. The Morgan fingerprint density at radius 3 is 3.00 bits per heavy atom. The molecule has 1 aromatic carbocycles. The Hall–Kier alpha value is -1.03. The molecule has 0 bridgehead atoms. The Labute approximate surface area is 115 Å². The van der Waals surface area contributed by atoms with E-state index in [0.717, 1.165) is 17.4 Å². The molecule has 1 saturated carbocycles. The number of anilines is 1. The van der Waals surface area contributed by atoms with E-state index in [1.165, 1.54) is 31.2 Å². The van der Waals surface area contributed by atoms with Gasteiger partial charge in [-0.15, -0.1) is 0 Å². The molecule has 1 atom stereocenters. The highest BCUT2D eigenvalue weighted by Gasteiger charge is 2.23. The SMILES string of the molecule is O=C1COc2ccc(C(Br)CC3CCC3)cc2N1. The van der Waals surface area contributed by atoms with Crippen molar-refractivity contribution in [2.24, 2.45) is 5.92 Å². The summed E-state index contributed by atoms with van der Waals surface area (Å²) in [5.74, 6) is 1.54. The first-order valence-corrected chi connectivity index (χ1v) is 7.34. The number of nitrogens with one attached hydrogen (secondary N) is 1. The molecular weight excluding hydrogens is 294 g/mol. The highest BCUT2D eigenvalue weighted by atomic mass is 79.9. The van der Waals surface area contributed by atoms with E-state index in [0.29, 0.717) is 4.83 Å². The van der Waals surface area contributed by atoms with Crippen LogP contribution in [0.3, 0.4) is 0 Å². The second-order valence-corrected chi connectivity index (χ2v) is 6.20. The lowest BCUT2D eigenvalue weighted by atomic mass is 9.81. The summed E-state index contributed by atoms with van der Waals surface area (Å²) in [5, 5.41) is 2.85. The van der Waals surface area contributed by atoms with Crippen LogP contribution in [0.25, 0.3) is 0 Å². The Balaban J connectivity index is 1.75. The molecule has 4 heteroatoms. The Morgan fingerprint density at radius 2 is 2.28 bits per heavy atom. The molecule has 1 aliphatic carbocycles. The van der Waals surface area contributed by atoms with Gasteiger partial charge in [0.15, 0.2) is 6.61 Å². The zero-order valence-corrected chi connectivity index (χ0v) is 11.7. The summed E-state index contributed by atoms with van der Waals surface area (Å²) >= 11 is 3.75. The van der Waals surface area contributed by atoms with Crippen LogP contribution in [0, 0.1) is 5.92 Å². The quantitative estimate of drug-likeness (QED) is 0.866. The molecule has 1 amide bonds. The molecule has 3 nitrogen and oxygen atoms in total. The number of alkyl halides is 1. The van der Waals surface area contributed by atoms with Gasteiger partial charge in [0.25, 0.3) is 5.91 Å². The maximum absolute atomic E-state index is 11.3. The number of benzene rings is 1. The number of carbonyl (C=O) groups is 1. The minimum Gasteiger partial charge on any atom is -0.482 e. The highest BCUT2D eigenvalue weighted by molar-refractivity contribution is 9.09. The number of rotatable bonds is 3. The van der Waals surface area contributed by atoms with Gasteiger partial charge in [-0.3, -0.25) is 4.79 Å². The van der Waals surface area contributed by atoms with Crippen molar-refractivity contribution < 1.29 is 9.53 Å². The summed E-state index contributed by atoms with van der Waals surface area (Å²) in [4.78, 5) is 11.7. The van der Waals surface area contributed by atoms with Gasteiger partial charge in [-0.2, -0.15) is 0 Å². The van der Waals surface area contributed by atoms with E-state index in [4.69, 9.17) is 4.74 Å². The van der Waals surface area contributed by atoms with Crippen LogP contribution in [0.4, 0.5) is 5.69 Å². The van der Waals surface area contributed by atoms with Gasteiger partial charge < -0.3 is 10.1 Å². The van der Waals surface area contributed by atoms with E-state index >= 15 is 0 Å². The number of ether oxygens (including phenoxy) is 1. The van der Waals surface area contributed by atoms with Gasteiger partial charge in [0.05, 0.1) is 5.69 Å². The van der Waals surface area contributed by atoms with Gasteiger partial charge in [0.1, 0.15) is 5.75 Å². The van der Waals surface area contributed by atoms with Crippen molar-refractivity contribution in [3.63, 3.8) is 0 Å². The molecule has 1 aromatic rings. The van der Waals surface area contributed by atoms with Crippen LogP contribution in [0.5, 0.6) is 5.75 Å². The molecule has 0 aromatic heterocycles. The van der Waals surface area contributed by atoms with Gasteiger partial charge in [-0.25, -0.2) is 0 Å². The minimum absolute atomic E-state index is 0.0789. The first-order chi connectivity index (χ1) is 8.72. The summed E-state index contributed by atoms with van der Waals surface area (Å²) in [7, 11) is 0. The van der Waals surface area contributed by atoms with Crippen LogP contribution in [0.2, 0.25) is 0 Å². The van der Waals surface area contributed by atoms with Gasteiger partial charge in [0, 0.05) is 4.83 Å². The third kappa shape index (κ3) is 2.39. The third-order valence-electron chi connectivity index (χ3n) is 3.76. The number of hydrogen-bond acceptors (Lipinski definition) is 2. The summed E-state index contributed by atoms with van der Waals surface area (Å²) < 4.78 is 5.36. The first kappa shape index (κ1) is 12.0. The van der Waals surface area contributed by atoms with Crippen molar-refractivity contribution in [3.8, 4) is 5.75 Å². The fourth-order valence-electron chi connectivity index (χ4n) is 2.45. The molecule has 1 aliphatic heterocycles. The molecule has 96 valence electrons. The lowest BCUT2D eigenvalue weighted by Gasteiger charge is -2.28. The van der Waals surface area contributed by atoms with E-state index in [1.54, 1.807) is 0 Å². The molecule has 18 heavy (non-hydrogen) atoms. The maximum Gasteiger partial charge on any atom is 0.262 e. The Bertz CT molecular complexity index is 471. The molecule has 1 N–H and O–H groups in total. The lowest BCUT2D eigenvalue weighted by Crippen LogP contribution is -2.25. The van der Waals surface area contributed by atoms with Crippen molar-refractivity contribution in [2.45, 2.75) is 30.5 Å². The van der Waals surface area contributed by atoms with Gasteiger partial charge in [0.2, 0.25) is 0 Å². The average molecular weight is 310 g/mol. The molecule has 1 heterocycles.